The molecule has 0 heterocycles. The van der Waals surface area contributed by atoms with Crippen LogP contribution in [0.15, 0.2) is 65.6 Å². The number of rotatable bonds is 14. The van der Waals surface area contributed by atoms with Gasteiger partial charge in [0.15, 0.2) is 0 Å². The van der Waals surface area contributed by atoms with Gasteiger partial charge in [-0.15, -0.1) is 0 Å². The summed E-state index contributed by atoms with van der Waals surface area (Å²) in [6, 6.07) is 18.0. The summed E-state index contributed by atoms with van der Waals surface area (Å²) in [5.41, 5.74) is 2.86. The average molecular weight is 553 g/mol. The number of esters is 1. The minimum atomic E-state index is -1.29. The molecule has 0 spiro atoms. The fraction of sp³-hybridized carbons (Fsp3) is 0.406. The van der Waals surface area contributed by atoms with Crippen LogP contribution >= 0.6 is 0 Å². The number of methoxy groups -OCH3 is 1. The number of hydrogen-bond acceptors (Lipinski definition) is 5. The van der Waals surface area contributed by atoms with Crippen LogP contribution in [0, 0.1) is 11.7 Å². The van der Waals surface area contributed by atoms with E-state index >= 15 is 0 Å². The van der Waals surface area contributed by atoms with E-state index in [4.69, 9.17) is 14.2 Å². The summed E-state index contributed by atoms with van der Waals surface area (Å²) >= 11 is 0. The Balaban J connectivity index is 1.55. The van der Waals surface area contributed by atoms with Crippen LogP contribution in [0.4, 0.5) is 4.39 Å². The second-order valence-corrected chi connectivity index (χ2v) is 11.5. The van der Waals surface area contributed by atoms with Crippen LogP contribution in [0.1, 0.15) is 63.0 Å². The molecule has 39 heavy (non-hydrogen) atoms. The highest BCUT2D eigenvalue weighted by molar-refractivity contribution is 7.85. The Hall–Kier alpha value is -3.19. The quantitative estimate of drug-likeness (QED) is 0.195. The third-order valence-electron chi connectivity index (χ3n) is 6.91. The molecule has 208 valence electrons. The number of halogens is 1. The minimum Gasteiger partial charge on any atom is -0.497 e. The molecule has 0 aromatic heterocycles. The van der Waals surface area contributed by atoms with Crippen molar-refractivity contribution >= 4 is 16.8 Å². The lowest BCUT2D eigenvalue weighted by molar-refractivity contribution is -0.143. The summed E-state index contributed by atoms with van der Waals surface area (Å²) in [5.74, 6) is 1.92. The topological polar surface area (TPSA) is 61.8 Å². The van der Waals surface area contributed by atoms with Crippen molar-refractivity contribution in [2.45, 2.75) is 63.4 Å². The predicted octanol–water partition coefficient (Wildman–Crippen LogP) is 7.43. The highest BCUT2D eigenvalue weighted by Crippen LogP contribution is 2.41. The molecule has 1 saturated carbocycles. The molecular weight excluding hydrogens is 515 g/mol. The van der Waals surface area contributed by atoms with Crippen LogP contribution in [0.5, 0.6) is 11.5 Å². The molecule has 3 aromatic carbocycles. The number of carbonyl (C=O) groups excluding carboxylic acids is 1. The van der Waals surface area contributed by atoms with E-state index in [0.29, 0.717) is 52.2 Å². The smallest absolute Gasteiger partial charge is 0.306 e. The minimum absolute atomic E-state index is 0.0974. The third kappa shape index (κ3) is 7.91. The molecule has 2 unspecified atom stereocenters. The molecule has 0 radical (unpaired) electrons. The monoisotopic (exact) mass is 552 g/mol. The van der Waals surface area contributed by atoms with Gasteiger partial charge in [0.1, 0.15) is 23.9 Å². The summed E-state index contributed by atoms with van der Waals surface area (Å²) in [4.78, 5) is 12.8. The first-order chi connectivity index (χ1) is 18.9. The van der Waals surface area contributed by atoms with Crippen molar-refractivity contribution in [2.75, 3.05) is 19.5 Å². The Kier molecular flexibility index (Phi) is 10.2. The molecule has 0 amide bonds. The molecule has 4 rings (SSSR count). The maximum Gasteiger partial charge on any atom is 0.306 e. The van der Waals surface area contributed by atoms with E-state index in [1.54, 1.807) is 18.2 Å². The normalized spacial score (nSPS) is 14.5. The van der Waals surface area contributed by atoms with Crippen LogP contribution in [-0.4, -0.2) is 29.6 Å². The van der Waals surface area contributed by atoms with Crippen molar-refractivity contribution < 1.29 is 27.6 Å². The zero-order valence-electron chi connectivity index (χ0n) is 22.9. The SMILES string of the molecule is CCCS(=O)c1cc(COc2cccc(C(CC(=O)OCC)CC3CC3)c2)ccc1-c1cc(OC)ccc1F. The number of hydrogen-bond donors (Lipinski definition) is 0. The van der Waals surface area contributed by atoms with E-state index in [-0.39, 0.29) is 18.5 Å². The predicted molar refractivity (Wildman–Crippen MR) is 152 cm³/mol. The van der Waals surface area contributed by atoms with Gasteiger partial charge in [-0.25, -0.2) is 4.39 Å². The summed E-state index contributed by atoms with van der Waals surface area (Å²) in [6.07, 6.45) is 4.51. The zero-order valence-corrected chi connectivity index (χ0v) is 23.7. The summed E-state index contributed by atoms with van der Waals surface area (Å²) in [6.45, 7) is 4.45. The molecule has 1 fully saturated rings. The maximum absolute atomic E-state index is 14.8. The molecule has 1 aliphatic rings. The van der Waals surface area contributed by atoms with Gasteiger partial charge in [0.05, 0.1) is 30.9 Å². The molecule has 1 aliphatic carbocycles. The second-order valence-electron chi connectivity index (χ2n) is 9.97. The Morgan fingerprint density at radius 3 is 2.56 bits per heavy atom. The van der Waals surface area contributed by atoms with Crippen LogP contribution in [-0.2, 0) is 26.9 Å². The Bertz CT molecular complexity index is 1300. The number of ether oxygens (including phenoxy) is 3. The first kappa shape index (κ1) is 28.8. The van der Waals surface area contributed by atoms with Crippen LogP contribution in [0.2, 0.25) is 0 Å². The van der Waals surface area contributed by atoms with E-state index in [1.807, 2.05) is 50.2 Å². The van der Waals surface area contributed by atoms with Gasteiger partial charge in [0.25, 0.3) is 0 Å². The van der Waals surface area contributed by atoms with E-state index < -0.39 is 16.6 Å². The molecule has 0 aliphatic heterocycles. The van der Waals surface area contributed by atoms with Gasteiger partial charge in [-0.3, -0.25) is 9.00 Å². The summed E-state index contributed by atoms with van der Waals surface area (Å²) < 4.78 is 44.6. The molecule has 2 atom stereocenters. The van der Waals surface area contributed by atoms with Crippen molar-refractivity contribution in [3.05, 3.63) is 77.6 Å². The first-order valence-corrected chi connectivity index (χ1v) is 15.0. The molecule has 5 nitrogen and oxygen atoms in total. The van der Waals surface area contributed by atoms with Gasteiger partial charge in [0.2, 0.25) is 0 Å². The lowest BCUT2D eigenvalue weighted by Crippen LogP contribution is -2.11. The van der Waals surface area contributed by atoms with Gasteiger partial charge >= 0.3 is 5.97 Å². The van der Waals surface area contributed by atoms with Crippen molar-refractivity contribution in [1.82, 2.24) is 0 Å². The molecule has 0 saturated heterocycles. The summed E-state index contributed by atoms with van der Waals surface area (Å²) in [7, 11) is 0.240. The highest BCUT2D eigenvalue weighted by Gasteiger charge is 2.28. The zero-order chi connectivity index (χ0) is 27.8. The molecular formula is C32H37FO5S. The summed E-state index contributed by atoms with van der Waals surface area (Å²) in [5, 5.41) is 0. The van der Waals surface area contributed by atoms with Crippen LogP contribution in [0.3, 0.4) is 0 Å². The van der Waals surface area contributed by atoms with E-state index in [0.717, 1.165) is 24.0 Å². The van der Waals surface area contributed by atoms with Gasteiger partial charge in [0, 0.05) is 21.8 Å². The molecule has 7 heteroatoms. The fourth-order valence-corrected chi connectivity index (χ4v) is 6.04. The standard InChI is InChI=1S/C32H37FO5S/c1-4-15-39(35)31-17-23(11-13-28(31)29-20-26(36-3)12-14-30(29)33)21-38-27-8-6-7-24(18-27)25(16-22-9-10-22)19-32(34)37-5-2/h6-8,11-14,17-18,20,22,25H,4-5,9-10,15-16,19,21H2,1-3H3. The Labute approximate surface area is 233 Å². The lowest BCUT2D eigenvalue weighted by Gasteiger charge is -2.18. The Morgan fingerprint density at radius 2 is 1.85 bits per heavy atom. The van der Waals surface area contributed by atoms with E-state index in [2.05, 4.69) is 0 Å². The van der Waals surface area contributed by atoms with Crippen molar-refractivity contribution in [2.24, 2.45) is 5.92 Å². The van der Waals surface area contributed by atoms with Crippen molar-refractivity contribution in [3.63, 3.8) is 0 Å². The molecule has 3 aromatic rings. The Morgan fingerprint density at radius 1 is 1.03 bits per heavy atom. The molecule has 0 bridgehead atoms. The second kappa shape index (κ2) is 13.7. The largest absolute Gasteiger partial charge is 0.497 e. The maximum atomic E-state index is 14.8. The highest BCUT2D eigenvalue weighted by atomic mass is 32.2. The number of carbonyl (C=O) groups is 1. The van der Waals surface area contributed by atoms with Gasteiger partial charge in [-0.1, -0.05) is 44.0 Å². The van der Waals surface area contributed by atoms with E-state index in [9.17, 15) is 13.4 Å². The fourth-order valence-electron chi connectivity index (χ4n) is 4.74. The third-order valence-corrected chi connectivity index (χ3v) is 8.52. The van der Waals surface area contributed by atoms with Crippen molar-refractivity contribution in [3.8, 4) is 22.6 Å². The van der Waals surface area contributed by atoms with Crippen LogP contribution < -0.4 is 9.47 Å². The first-order valence-electron chi connectivity index (χ1n) is 13.6. The van der Waals surface area contributed by atoms with Crippen molar-refractivity contribution in [1.29, 1.82) is 0 Å². The van der Waals surface area contributed by atoms with Crippen LogP contribution in [0.25, 0.3) is 11.1 Å². The average Bonchev–Trinajstić information content (AvgIpc) is 3.76. The van der Waals surface area contributed by atoms with E-state index in [1.165, 1.54) is 26.0 Å². The van der Waals surface area contributed by atoms with Gasteiger partial charge < -0.3 is 14.2 Å². The molecule has 0 N–H and O–H groups in total. The van der Waals surface area contributed by atoms with Gasteiger partial charge in [-0.2, -0.15) is 0 Å². The lowest BCUT2D eigenvalue weighted by atomic mass is 9.90. The number of benzene rings is 3. The van der Waals surface area contributed by atoms with Gasteiger partial charge in [-0.05, 0) is 79.1 Å².